The van der Waals surface area contributed by atoms with Gasteiger partial charge < -0.3 is 30.5 Å². The van der Waals surface area contributed by atoms with Crippen LogP contribution in [0.1, 0.15) is 6.23 Å². The number of carboxylic acids is 1. The molecule has 1 fully saturated rings. The highest BCUT2D eigenvalue weighted by Gasteiger charge is 2.50. The summed E-state index contributed by atoms with van der Waals surface area (Å²) in [6.07, 6.45) is -2.74. The van der Waals surface area contributed by atoms with E-state index in [0.29, 0.717) is 0 Å². The Bertz CT molecular complexity index is 835. The minimum Gasteiger partial charge on any atom is -0.479 e. The van der Waals surface area contributed by atoms with Crippen molar-refractivity contribution in [2.45, 2.75) is 18.4 Å². The van der Waals surface area contributed by atoms with E-state index < -0.39 is 44.1 Å². The molecule has 12 nitrogen and oxygen atoms in total. The van der Waals surface area contributed by atoms with Crippen LogP contribution >= 0.6 is 7.60 Å². The van der Waals surface area contributed by atoms with Crippen molar-refractivity contribution >= 4 is 30.5 Å². The summed E-state index contributed by atoms with van der Waals surface area (Å²) < 4.78 is 17.8. The van der Waals surface area contributed by atoms with Crippen LogP contribution < -0.4 is 5.73 Å². The van der Waals surface area contributed by atoms with Gasteiger partial charge in [-0.15, -0.1) is 0 Å². The molecular formula is C11H14N5O7P. The maximum Gasteiger partial charge on any atom is 0.333 e. The summed E-state index contributed by atoms with van der Waals surface area (Å²) in [5.41, 5.74) is 6.10. The van der Waals surface area contributed by atoms with E-state index in [9.17, 15) is 19.6 Å². The number of hydrogen-bond donors (Lipinski definition) is 5. The number of carbonyl (C=O) groups is 1. The van der Waals surface area contributed by atoms with E-state index in [2.05, 4.69) is 15.0 Å². The molecule has 4 atom stereocenters. The molecule has 3 heterocycles. The van der Waals surface area contributed by atoms with Gasteiger partial charge in [0.25, 0.3) is 0 Å². The van der Waals surface area contributed by atoms with E-state index in [1.807, 2.05) is 0 Å². The number of aliphatic hydroxyl groups excluding tert-OH is 1. The van der Waals surface area contributed by atoms with Crippen LogP contribution in [-0.2, 0) is 14.1 Å². The van der Waals surface area contributed by atoms with Crippen LogP contribution in [0.15, 0.2) is 12.7 Å². The van der Waals surface area contributed by atoms with Gasteiger partial charge in [-0.05, 0) is 0 Å². The molecule has 1 saturated heterocycles. The van der Waals surface area contributed by atoms with Crippen molar-refractivity contribution in [3.05, 3.63) is 12.7 Å². The van der Waals surface area contributed by atoms with Crippen molar-refractivity contribution in [3.8, 4) is 0 Å². The number of rotatable bonds is 4. The van der Waals surface area contributed by atoms with Crippen molar-refractivity contribution in [1.29, 1.82) is 0 Å². The van der Waals surface area contributed by atoms with Gasteiger partial charge in [0.2, 0.25) is 0 Å². The molecule has 130 valence electrons. The van der Waals surface area contributed by atoms with Crippen molar-refractivity contribution in [2.24, 2.45) is 5.92 Å². The first kappa shape index (κ1) is 16.7. The lowest BCUT2D eigenvalue weighted by molar-refractivity contribution is -0.153. The molecule has 0 unspecified atom stereocenters. The highest BCUT2D eigenvalue weighted by atomic mass is 31.2. The van der Waals surface area contributed by atoms with E-state index in [1.165, 1.54) is 17.2 Å². The Morgan fingerprint density at radius 1 is 1.38 bits per heavy atom. The minimum atomic E-state index is -4.56. The summed E-state index contributed by atoms with van der Waals surface area (Å²) in [5, 5.41) is 19.6. The largest absolute Gasteiger partial charge is 0.479 e. The molecule has 1 aliphatic rings. The number of aromatic nitrogens is 4. The van der Waals surface area contributed by atoms with Crippen LogP contribution in [0.25, 0.3) is 11.2 Å². The van der Waals surface area contributed by atoms with Gasteiger partial charge >= 0.3 is 13.6 Å². The second kappa shape index (κ2) is 5.76. The number of fused-ring (bicyclic) bond motifs is 1. The third-order valence-electron chi connectivity index (χ3n) is 3.76. The molecule has 3 rings (SSSR count). The van der Waals surface area contributed by atoms with Crippen molar-refractivity contribution in [1.82, 2.24) is 19.5 Å². The summed E-state index contributed by atoms with van der Waals surface area (Å²) in [4.78, 5) is 41.3. The highest BCUT2D eigenvalue weighted by molar-refractivity contribution is 7.51. The van der Waals surface area contributed by atoms with Gasteiger partial charge in [-0.1, -0.05) is 0 Å². The molecule has 2 aromatic heterocycles. The second-order valence-electron chi connectivity index (χ2n) is 5.37. The van der Waals surface area contributed by atoms with Gasteiger partial charge in [0.05, 0.1) is 12.5 Å². The van der Waals surface area contributed by atoms with Gasteiger partial charge in [0, 0.05) is 5.92 Å². The van der Waals surface area contributed by atoms with Gasteiger partial charge in [-0.2, -0.15) is 0 Å². The maximum absolute atomic E-state index is 11.3. The van der Waals surface area contributed by atoms with E-state index >= 15 is 0 Å². The third kappa shape index (κ3) is 2.85. The van der Waals surface area contributed by atoms with Gasteiger partial charge in [0.1, 0.15) is 17.9 Å². The molecule has 0 aromatic carbocycles. The predicted octanol–water partition coefficient (Wildman–Crippen LogP) is -1.45. The number of aliphatic hydroxyl groups is 1. The van der Waals surface area contributed by atoms with E-state index in [0.717, 1.165) is 0 Å². The van der Waals surface area contributed by atoms with Crippen LogP contribution in [0.4, 0.5) is 5.82 Å². The van der Waals surface area contributed by atoms with Crippen LogP contribution in [0.5, 0.6) is 0 Å². The summed E-state index contributed by atoms with van der Waals surface area (Å²) in [6, 6.07) is 0. The first-order valence-corrected chi connectivity index (χ1v) is 8.52. The highest BCUT2D eigenvalue weighted by Crippen LogP contribution is 2.45. The lowest BCUT2D eigenvalue weighted by atomic mass is 10.0. The zero-order valence-electron chi connectivity index (χ0n) is 12.0. The van der Waals surface area contributed by atoms with Crippen LogP contribution in [0, 0.1) is 5.92 Å². The third-order valence-corrected chi connectivity index (χ3v) is 4.66. The average Bonchev–Trinajstić information content (AvgIpc) is 3.01. The van der Waals surface area contributed by atoms with Crippen molar-refractivity contribution < 1.29 is 34.1 Å². The molecule has 6 N–H and O–H groups in total. The Morgan fingerprint density at radius 2 is 2.08 bits per heavy atom. The van der Waals surface area contributed by atoms with Gasteiger partial charge in [-0.3, -0.25) is 9.13 Å². The Kier molecular flexibility index (Phi) is 4.01. The predicted molar refractivity (Wildman–Crippen MR) is 77.7 cm³/mol. The van der Waals surface area contributed by atoms with Crippen LogP contribution in [0.3, 0.4) is 0 Å². The van der Waals surface area contributed by atoms with Crippen LogP contribution in [-0.4, -0.2) is 63.9 Å². The topological polar surface area (TPSA) is 194 Å². The standard InChI is InChI=1S/C11H14N5O7P/c12-8-5-9(14-2-13-8)16(3-15-5)10-6(17)4(1-24(20,21)22)7(23-10)11(18)19/h2-4,6-7,10,17H,1H2,(H,18,19)(H2,12,13,14)(H2,20,21,22)/t4-,6+,7-,10+/m0/s1. The molecule has 0 amide bonds. The monoisotopic (exact) mass is 359 g/mol. The quantitative estimate of drug-likeness (QED) is 0.400. The lowest BCUT2D eigenvalue weighted by Crippen LogP contribution is -2.33. The first-order valence-electron chi connectivity index (χ1n) is 6.73. The Hall–Kier alpha value is -2.11. The Balaban J connectivity index is 2.00. The minimum absolute atomic E-state index is 0.0905. The van der Waals surface area contributed by atoms with E-state index in [1.54, 1.807) is 0 Å². The molecule has 1 aliphatic heterocycles. The van der Waals surface area contributed by atoms with Crippen molar-refractivity contribution in [2.75, 3.05) is 11.9 Å². The summed E-state index contributed by atoms with van der Waals surface area (Å²) >= 11 is 0. The normalized spacial score (nSPS) is 27.6. The number of anilines is 1. The molecule has 0 saturated carbocycles. The first-order chi connectivity index (χ1) is 11.2. The van der Waals surface area contributed by atoms with Crippen molar-refractivity contribution in [3.63, 3.8) is 0 Å². The summed E-state index contributed by atoms with van der Waals surface area (Å²) in [7, 11) is -4.56. The molecule has 0 aliphatic carbocycles. The zero-order chi connectivity index (χ0) is 17.6. The number of imidazole rings is 1. The maximum atomic E-state index is 11.3. The summed E-state index contributed by atoms with van der Waals surface area (Å²) in [5.74, 6) is -2.65. The lowest BCUT2D eigenvalue weighted by Gasteiger charge is -2.19. The Labute approximate surface area is 134 Å². The van der Waals surface area contributed by atoms with Gasteiger partial charge in [0.15, 0.2) is 23.8 Å². The van der Waals surface area contributed by atoms with Gasteiger partial charge in [-0.25, -0.2) is 19.7 Å². The Morgan fingerprint density at radius 3 is 2.71 bits per heavy atom. The number of nitrogens with zero attached hydrogens (tertiary/aromatic N) is 4. The smallest absolute Gasteiger partial charge is 0.333 e. The van der Waals surface area contributed by atoms with E-state index in [4.69, 9.17) is 20.3 Å². The second-order valence-corrected chi connectivity index (χ2v) is 7.06. The SMILES string of the molecule is Nc1ncnc2c1ncn2[C@@H]1O[C@H](C(=O)O)[C@@H](CP(=O)(O)O)[C@H]1O. The fourth-order valence-electron chi connectivity index (χ4n) is 2.73. The fraction of sp³-hybridized carbons (Fsp3) is 0.455. The molecule has 0 bridgehead atoms. The number of carboxylic acid groups (broad SMARTS) is 1. The molecule has 2 aromatic rings. The zero-order valence-corrected chi connectivity index (χ0v) is 12.9. The molecular weight excluding hydrogens is 345 g/mol. The number of ether oxygens (including phenoxy) is 1. The molecule has 0 radical (unpaired) electrons. The average molecular weight is 359 g/mol. The molecule has 13 heteroatoms. The van der Waals surface area contributed by atoms with E-state index in [-0.39, 0.29) is 17.0 Å². The number of nitrogen functional groups attached to an aromatic ring is 1. The fourth-order valence-corrected chi connectivity index (χ4v) is 3.68. The number of aliphatic carboxylic acids is 1. The molecule has 0 spiro atoms. The summed E-state index contributed by atoms with van der Waals surface area (Å²) in [6.45, 7) is 0. The van der Waals surface area contributed by atoms with Crippen LogP contribution in [0.2, 0.25) is 0 Å². The molecule has 24 heavy (non-hydrogen) atoms. The number of hydrogen-bond acceptors (Lipinski definition) is 8. The number of nitrogens with two attached hydrogens (primary N) is 1.